The fourth-order valence-corrected chi connectivity index (χ4v) is 8.93. The number of nitrogens with one attached hydrogen (secondary N) is 2. The van der Waals surface area contributed by atoms with Gasteiger partial charge in [0, 0.05) is 42.1 Å². The number of aromatic amines is 1. The molecule has 0 spiro atoms. The van der Waals surface area contributed by atoms with E-state index in [1.807, 2.05) is 25.3 Å². The van der Waals surface area contributed by atoms with Gasteiger partial charge < -0.3 is 15.2 Å². The van der Waals surface area contributed by atoms with Crippen LogP contribution >= 0.6 is 0 Å². The van der Waals surface area contributed by atoms with Crippen molar-refractivity contribution >= 4 is 44.3 Å². The number of piperazine rings is 1. The lowest BCUT2D eigenvalue weighted by molar-refractivity contribution is -0.306. The van der Waals surface area contributed by atoms with Gasteiger partial charge in [-0.3, -0.25) is 28.9 Å². The molecule has 7 rings (SSSR count). The van der Waals surface area contributed by atoms with Crippen molar-refractivity contribution in [1.29, 1.82) is 0 Å². The van der Waals surface area contributed by atoms with E-state index in [-0.39, 0.29) is 17.9 Å². The second-order valence-corrected chi connectivity index (χ2v) is 15.5. The van der Waals surface area contributed by atoms with Crippen LogP contribution in [0, 0.1) is 17.8 Å². The van der Waals surface area contributed by atoms with E-state index < -0.39 is 57.5 Å². The first-order valence-electron chi connectivity index (χ1n) is 15.8. The van der Waals surface area contributed by atoms with Gasteiger partial charge in [-0.2, -0.15) is 8.42 Å². The van der Waals surface area contributed by atoms with Gasteiger partial charge in [-0.05, 0) is 55.0 Å². The van der Waals surface area contributed by atoms with Crippen molar-refractivity contribution in [1.82, 2.24) is 25.0 Å². The number of benzene rings is 1. The summed E-state index contributed by atoms with van der Waals surface area (Å²) >= 11 is 0. The molecular weight excluding hydrogens is 598 g/mol. The van der Waals surface area contributed by atoms with E-state index in [2.05, 4.69) is 27.5 Å². The Morgan fingerprint density at radius 3 is 2.64 bits per heavy atom. The first-order chi connectivity index (χ1) is 21.2. The normalized spacial score (nSPS) is 33.1. The summed E-state index contributed by atoms with van der Waals surface area (Å²) in [4.78, 5) is 51.1. The first-order valence-corrected chi connectivity index (χ1v) is 17.6. The average molecular weight is 640 g/mol. The van der Waals surface area contributed by atoms with Gasteiger partial charge in [0.2, 0.25) is 17.5 Å². The minimum atomic E-state index is -4.19. The highest BCUT2D eigenvalue weighted by molar-refractivity contribution is 7.86. The predicted octanol–water partition coefficient (Wildman–Crippen LogP) is 2.02. The zero-order chi connectivity index (χ0) is 32.2. The third kappa shape index (κ3) is 4.34. The molecule has 2 N–H and O–H groups in total. The van der Waals surface area contributed by atoms with Crippen molar-refractivity contribution in [2.75, 3.05) is 26.4 Å². The second kappa shape index (κ2) is 10.1. The predicted molar refractivity (Wildman–Crippen MR) is 166 cm³/mol. The lowest BCUT2D eigenvalue weighted by Crippen LogP contribution is -2.73. The number of ether oxygens (including phenoxy) is 1. The maximum Gasteiger partial charge on any atom is 0.294 e. The summed E-state index contributed by atoms with van der Waals surface area (Å²) in [5.74, 6) is -5.13. The first kappa shape index (κ1) is 30.4. The zero-order valence-electron chi connectivity index (χ0n) is 26.5. The fraction of sp³-hybridized carbons (Fsp3) is 0.594. The SMILES string of the molecule is CC(C)[C@H]1C(=O)N2CCC[C@H]2[C@]2(OS(C)(=O)=O)O[C@](NC(=O)[C@@H]3C=C4c5cccc6[nH]cc(c56)C[C@@H]4N(C)C3)(C(C)C)C(=O)N12. The fourth-order valence-electron chi connectivity index (χ4n) is 8.27. The van der Waals surface area contributed by atoms with Crippen LogP contribution in [0.2, 0.25) is 0 Å². The Kier molecular flexibility index (Phi) is 6.84. The van der Waals surface area contributed by atoms with E-state index in [0.717, 1.165) is 34.7 Å². The molecule has 1 aromatic heterocycles. The van der Waals surface area contributed by atoms with E-state index in [1.54, 1.807) is 32.6 Å². The number of nitrogens with zero attached hydrogens (tertiary/aromatic N) is 3. The Bertz CT molecular complexity index is 1750. The maximum absolute atomic E-state index is 14.7. The standard InChI is InChI=1S/C32H41N5O7S/c1-17(2)27-29(39)36-12-8-11-25(36)32(44-45(6,41)42)37(27)30(40)31(43-32,18(3)4)34-28(38)20-13-22-21-9-7-10-23-26(21)19(15-33-23)14-24(22)35(5)16-20/h7,9-10,13,15,17-18,20,24-25,27,33H,8,11-12,14,16H2,1-6H3,(H,34,38)/t20-,24+,25+,27+,31-,32-/m1/s1. The molecule has 2 aromatic rings. The van der Waals surface area contributed by atoms with Crippen LogP contribution in [0.4, 0.5) is 0 Å². The molecule has 0 unspecified atom stereocenters. The molecule has 4 aliphatic heterocycles. The third-order valence-corrected chi connectivity index (χ3v) is 10.8. The Morgan fingerprint density at radius 1 is 1.20 bits per heavy atom. The summed E-state index contributed by atoms with van der Waals surface area (Å²) in [7, 11) is -2.19. The summed E-state index contributed by atoms with van der Waals surface area (Å²) in [6, 6.07) is 4.33. The van der Waals surface area contributed by atoms with Gasteiger partial charge in [0.05, 0.1) is 12.2 Å². The van der Waals surface area contributed by atoms with Gasteiger partial charge in [0.1, 0.15) is 12.1 Å². The van der Waals surface area contributed by atoms with Crippen LogP contribution in [0.1, 0.15) is 51.7 Å². The van der Waals surface area contributed by atoms with Gasteiger partial charge in [-0.15, -0.1) is 0 Å². The lowest BCUT2D eigenvalue weighted by Gasteiger charge is -2.51. The van der Waals surface area contributed by atoms with Crippen LogP contribution < -0.4 is 5.32 Å². The Labute approximate surface area is 263 Å². The molecule has 3 amide bonds. The molecule has 1 aromatic carbocycles. The number of carbonyl (C=O) groups excluding carboxylic acids is 3. The zero-order valence-corrected chi connectivity index (χ0v) is 27.3. The second-order valence-electron chi connectivity index (χ2n) is 13.9. The summed E-state index contributed by atoms with van der Waals surface area (Å²) in [5.41, 5.74) is 2.45. The Hall–Kier alpha value is -3.26. The summed E-state index contributed by atoms with van der Waals surface area (Å²) in [5, 5.41) is 4.11. The van der Waals surface area contributed by atoms with Gasteiger partial charge in [0.15, 0.2) is 0 Å². The Balaban J connectivity index is 1.30. The quantitative estimate of drug-likeness (QED) is 0.458. The van der Waals surface area contributed by atoms with Crippen molar-refractivity contribution in [3.8, 4) is 0 Å². The number of fused-ring (bicyclic) bond motifs is 5. The lowest BCUT2D eigenvalue weighted by atomic mass is 9.79. The van der Waals surface area contributed by atoms with E-state index >= 15 is 0 Å². The van der Waals surface area contributed by atoms with E-state index in [4.69, 9.17) is 8.92 Å². The number of carbonyl (C=O) groups is 3. The average Bonchev–Trinajstić information content (AvgIpc) is 3.67. The summed E-state index contributed by atoms with van der Waals surface area (Å²) in [6.45, 7) is 7.88. The number of aromatic nitrogens is 1. The van der Waals surface area contributed by atoms with Crippen molar-refractivity contribution < 1.29 is 31.7 Å². The molecule has 0 bridgehead atoms. The van der Waals surface area contributed by atoms with Crippen molar-refractivity contribution in [3.05, 3.63) is 41.6 Å². The number of hydrogen-bond donors (Lipinski definition) is 2. The van der Waals surface area contributed by atoms with Crippen molar-refractivity contribution in [2.24, 2.45) is 17.8 Å². The minimum absolute atomic E-state index is 0.0953. The third-order valence-electron chi connectivity index (χ3n) is 10.3. The van der Waals surface area contributed by atoms with Crippen LogP contribution in [0.3, 0.4) is 0 Å². The smallest absolute Gasteiger partial charge is 0.294 e. The number of H-pyrrole nitrogens is 1. The molecule has 0 radical (unpaired) electrons. The van der Waals surface area contributed by atoms with Gasteiger partial charge >= 0.3 is 0 Å². The molecule has 3 saturated heterocycles. The molecule has 13 heteroatoms. The number of hydrogen-bond acceptors (Lipinski definition) is 8. The number of rotatable bonds is 6. The summed E-state index contributed by atoms with van der Waals surface area (Å²) in [6.07, 6.45) is 6.74. The number of amides is 3. The largest absolute Gasteiger partial charge is 0.361 e. The molecule has 242 valence electrons. The molecule has 5 heterocycles. The topological polar surface area (TPSA) is 141 Å². The Morgan fingerprint density at radius 2 is 1.96 bits per heavy atom. The molecule has 0 saturated carbocycles. The molecule has 6 atom stereocenters. The molecular formula is C32H41N5O7S. The van der Waals surface area contributed by atoms with E-state index in [9.17, 15) is 22.8 Å². The van der Waals surface area contributed by atoms with Gasteiger partial charge in [-0.1, -0.05) is 45.9 Å². The van der Waals surface area contributed by atoms with Crippen LogP contribution in [-0.2, 0) is 39.8 Å². The highest BCUT2D eigenvalue weighted by Crippen LogP contribution is 2.51. The highest BCUT2D eigenvalue weighted by Gasteiger charge is 2.74. The van der Waals surface area contributed by atoms with Crippen molar-refractivity contribution in [2.45, 2.75) is 76.7 Å². The van der Waals surface area contributed by atoms with Crippen LogP contribution in [0.25, 0.3) is 16.5 Å². The van der Waals surface area contributed by atoms with Gasteiger partial charge in [-0.25, -0.2) is 4.18 Å². The van der Waals surface area contributed by atoms with Crippen LogP contribution in [-0.4, -0.2) is 102 Å². The molecule has 12 nitrogen and oxygen atoms in total. The van der Waals surface area contributed by atoms with Crippen molar-refractivity contribution in [3.63, 3.8) is 0 Å². The molecule has 45 heavy (non-hydrogen) atoms. The molecule has 5 aliphatic rings. The van der Waals surface area contributed by atoms with Gasteiger partial charge in [0.25, 0.3) is 21.9 Å². The van der Waals surface area contributed by atoms with E-state index in [0.29, 0.717) is 25.9 Å². The maximum atomic E-state index is 14.7. The molecule has 1 aliphatic carbocycles. The van der Waals surface area contributed by atoms with Crippen LogP contribution in [0.15, 0.2) is 30.5 Å². The molecule has 3 fully saturated rings. The van der Waals surface area contributed by atoms with Crippen LogP contribution in [0.5, 0.6) is 0 Å². The minimum Gasteiger partial charge on any atom is -0.361 e. The summed E-state index contributed by atoms with van der Waals surface area (Å²) < 4.78 is 38.0. The van der Waals surface area contributed by atoms with E-state index in [1.165, 1.54) is 10.5 Å². The number of likely N-dealkylation sites (N-methyl/N-ethyl adjacent to an activating group) is 1. The monoisotopic (exact) mass is 639 g/mol. The highest BCUT2D eigenvalue weighted by atomic mass is 32.2.